The van der Waals surface area contributed by atoms with Crippen LogP contribution in [-0.4, -0.2) is 29.8 Å². The van der Waals surface area contributed by atoms with E-state index in [2.05, 4.69) is 15.5 Å². The van der Waals surface area contributed by atoms with Crippen LogP contribution in [0.3, 0.4) is 0 Å². The number of hydrogen-bond donors (Lipinski definition) is 1. The van der Waals surface area contributed by atoms with Crippen LogP contribution in [0.4, 0.5) is 0 Å². The van der Waals surface area contributed by atoms with E-state index >= 15 is 0 Å². The summed E-state index contributed by atoms with van der Waals surface area (Å²) in [5.74, 6) is -0.166. The Hall–Kier alpha value is -1.43. The van der Waals surface area contributed by atoms with Gasteiger partial charge in [-0.3, -0.25) is 4.79 Å². The summed E-state index contributed by atoms with van der Waals surface area (Å²) in [5.41, 5.74) is 1.69. The number of carbonyl (C=O) groups is 1. The number of aromatic nitrogens is 1. The van der Waals surface area contributed by atoms with Crippen molar-refractivity contribution in [1.29, 1.82) is 0 Å². The number of aryl methyl sites for hydroxylation is 2. The van der Waals surface area contributed by atoms with E-state index in [0.717, 1.165) is 21.3 Å². The van der Waals surface area contributed by atoms with E-state index in [1.807, 2.05) is 27.7 Å². The third kappa shape index (κ3) is 4.14. The minimum absolute atomic E-state index is 0.0536. The average Bonchev–Trinajstić information content (AvgIpc) is 2.58. The van der Waals surface area contributed by atoms with E-state index in [1.165, 1.54) is 0 Å². The number of thiazole rings is 1. The topological polar surface area (TPSA) is 63.6 Å². The van der Waals surface area contributed by atoms with Crippen molar-refractivity contribution in [3.8, 4) is 0 Å². The van der Waals surface area contributed by atoms with Crippen molar-refractivity contribution in [2.45, 2.75) is 27.7 Å². The molecule has 1 N–H and O–H groups in total. The molecule has 1 rings (SSSR count). The molecule has 0 radical (unpaired) electrons. The summed E-state index contributed by atoms with van der Waals surface area (Å²) in [5, 5.41) is 7.54. The number of oxime groups is 1. The number of carbonyl (C=O) groups excluding carboxylic acids is 1. The zero-order valence-electron chi connectivity index (χ0n) is 10.5. The predicted octanol–water partition coefficient (Wildman–Crippen LogP) is 1.64. The number of amides is 1. The van der Waals surface area contributed by atoms with Crippen LogP contribution in [0.5, 0.6) is 0 Å². The Morgan fingerprint density at radius 3 is 2.76 bits per heavy atom. The Kier molecular flexibility index (Phi) is 5.09. The first-order valence-electron chi connectivity index (χ1n) is 5.42. The molecule has 0 aliphatic rings. The summed E-state index contributed by atoms with van der Waals surface area (Å²) < 4.78 is 0. The van der Waals surface area contributed by atoms with E-state index in [1.54, 1.807) is 11.3 Å². The highest BCUT2D eigenvalue weighted by atomic mass is 32.1. The third-order valence-corrected chi connectivity index (χ3v) is 3.18. The zero-order chi connectivity index (χ0) is 12.8. The van der Waals surface area contributed by atoms with E-state index in [-0.39, 0.29) is 12.5 Å². The lowest BCUT2D eigenvalue weighted by atomic mass is 10.3. The van der Waals surface area contributed by atoms with Crippen molar-refractivity contribution in [1.82, 2.24) is 10.3 Å². The van der Waals surface area contributed by atoms with Crippen LogP contribution >= 0.6 is 11.3 Å². The molecule has 0 aliphatic carbocycles. The first kappa shape index (κ1) is 13.6. The predicted molar refractivity (Wildman–Crippen MR) is 68.4 cm³/mol. The van der Waals surface area contributed by atoms with Crippen molar-refractivity contribution in [3.05, 3.63) is 15.6 Å². The number of nitrogens with zero attached hydrogens (tertiary/aromatic N) is 2. The standard InChI is InChI=1S/C11H17N3O2S/c1-5-12-10(15)6-16-14-8(3)11-7(2)13-9(4)17-11/h5-6H2,1-4H3,(H,12,15). The third-order valence-electron chi connectivity index (χ3n) is 2.00. The molecular weight excluding hydrogens is 238 g/mol. The highest BCUT2D eigenvalue weighted by molar-refractivity contribution is 7.13. The average molecular weight is 255 g/mol. The molecule has 94 valence electrons. The van der Waals surface area contributed by atoms with Gasteiger partial charge in [0.15, 0.2) is 6.61 Å². The molecule has 0 unspecified atom stereocenters. The number of rotatable bonds is 5. The lowest BCUT2D eigenvalue weighted by Gasteiger charge is -2.01. The normalized spacial score (nSPS) is 11.4. The molecule has 1 aromatic heterocycles. The summed E-state index contributed by atoms with van der Waals surface area (Å²) in [4.78, 5) is 21.4. The molecule has 0 fully saturated rings. The number of nitrogens with one attached hydrogen (secondary N) is 1. The minimum Gasteiger partial charge on any atom is -0.385 e. The molecule has 0 spiro atoms. The van der Waals surface area contributed by atoms with Gasteiger partial charge in [0.05, 0.1) is 21.3 Å². The zero-order valence-corrected chi connectivity index (χ0v) is 11.3. The Morgan fingerprint density at radius 2 is 2.24 bits per heavy atom. The molecule has 6 heteroatoms. The molecule has 0 aliphatic heterocycles. The van der Waals surface area contributed by atoms with E-state index in [0.29, 0.717) is 6.54 Å². The molecule has 0 saturated carbocycles. The van der Waals surface area contributed by atoms with Gasteiger partial charge in [-0.05, 0) is 27.7 Å². The Labute approximate surface area is 105 Å². The second kappa shape index (κ2) is 6.34. The summed E-state index contributed by atoms with van der Waals surface area (Å²) in [7, 11) is 0. The van der Waals surface area contributed by atoms with Crippen LogP contribution in [0, 0.1) is 13.8 Å². The second-order valence-corrected chi connectivity index (χ2v) is 4.75. The van der Waals surface area contributed by atoms with Gasteiger partial charge in [-0.15, -0.1) is 11.3 Å². The van der Waals surface area contributed by atoms with Crippen LogP contribution in [-0.2, 0) is 9.63 Å². The fourth-order valence-corrected chi connectivity index (χ4v) is 2.20. The SMILES string of the molecule is CCNC(=O)CON=C(C)c1sc(C)nc1C. The van der Waals surface area contributed by atoms with E-state index in [4.69, 9.17) is 4.84 Å². The molecule has 1 amide bonds. The van der Waals surface area contributed by atoms with Crippen molar-refractivity contribution < 1.29 is 9.63 Å². The summed E-state index contributed by atoms with van der Waals surface area (Å²) in [6, 6.07) is 0. The van der Waals surface area contributed by atoms with Crippen LogP contribution in [0.25, 0.3) is 0 Å². The molecule has 0 atom stereocenters. The van der Waals surface area contributed by atoms with E-state index in [9.17, 15) is 4.79 Å². The molecule has 1 heterocycles. The van der Waals surface area contributed by atoms with Crippen molar-refractivity contribution >= 4 is 23.0 Å². The molecular formula is C11H17N3O2S. The summed E-state index contributed by atoms with van der Waals surface area (Å²) in [6.45, 7) is 8.12. The van der Waals surface area contributed by atoms with Crippen LogP contribution in [0.1, 0.15) is 29.4 Å². The maximum atomic E-state index is 11.1. The first-order chi connectivity index (χ1) is 8.04. The van der Waals surface area contributed by atoms with Gasteiger partial charge in [0.2, 0.25) is 0 Å². The lowest BCUT2D eigenvalue weighted by molar-refractivity contribution is -0.125. The van der Waals surface area contributed by atoms with Crippen molar-refractivity contribution in [2.75, 3.05) is 13.2 Å². The van der Waals surface area contributed by atoms with Gasteiger partial charge in [0.25, 0.3) is 5.91 Å². The van der Waals surface area contributed by atoms with Gasteiger partial charge in [0, 0.05) is 6.54 Å². The van der Waals surface area contributed by atoms with Gasteiger partial charge in [-0.2, -0.15) is 0 Å². The Morgan fingerprint density at radius 1 is 1.53 bits per heavy atom. The molecule has 17 heavy (non-hydrogen) atoms. The largest absolute Gasteiger partial charge is 0.385 e. The first-order valence-corrected chi connectivity index (χ1v) is 6.24. The maximum Gasteiger partial charge on any atom is 0.260 e. The fourth-order valence-electron chi connectivity index (χ4n) is 1.34. The van der Waals surface area contributed by atoms with Crippen molar-refractivity contribution in [2.24, 2.45) is 5.16 Å². The maximum absolute atomic E-state index is 11.1. The Balaban J connectivity index is 2.55. The van der Waals surface area contributed by atoms with Crippen LogP contribution in [0.15, 0.2) is 5.16 Å². The van der Waals surface area contributed by atoms with Crippen molar-refractivity contribution in [3.63, 3.8) is 0 Å². The summed E-state index contributed by atoms with van der Waals surface area (Å²) in [6.07, 6.45) is 0. The van der Waals surface area contributed by atoms with Gasteiger partial charge in [-0.1, -0.05) is 5.16 Å². The van der Waals surface area contributed by atoms with Crippen LogP contribution in [0.2, 0.25) is 0 Å². The molecule has 0 bridgehead atoms. The summed E-state index contributed by atoms with van der Waals surface area (Å²) >= 11 is 1.57. The molecule has 0 aromatic carbocycles. The smallest absolute Gasteiger partial charge is 0.260 e. The molecule has 0 saturated heterocycles. The molecule has 5 nitrogen and oxygen atoms in total. The quantitative estimate of drug-likeness (QED) is 0.642. The highest BCUT2D eigenvalue weighted by Crippen LogP contribution is 2.17. The van der Waals surface area contributed by atoms with Gasteiger partial charge in [-0.25, -0.2) is 4.98 Å². The van der Waals surface area contributed by atoms with Gasteiger partial charge >= 0.3 is 0 Å². The Bertz CT molecular complexity index is 426. The second-order valence-electron chi connectivity index (χ2n) is 3.55. The molecule has 1 aromatic rings. The van der Waals surface area contributed by atoms with Crippen LogP contribution < -0.4 is 5.32 Å². The highest BCUT2D eigenvalue weighted by Gasteiger charge is 2.08. The van der Waals surface area contributed by atoms with Gasteiger partial charge in [0.1, 0.15) is 0 Å². The number of hydrogen-bond acceptors (Lipinski definition) is 5. The fraction of sp³-hybridized carbons (Fsp3) is 0.545. The van der Waals surface area contributed by atoms with Gasteiger partial charge < -0.3 is 10.2 Å². The minimum atomic E-state index is -0.166. The van der Waals surface area contributed by atoms with E-state index < -0.39 is 0 Å². The monoisotopic (exact) mass is 255 g/mol. The lowest BCUT2D eigenvalue weighted by Crippen LogP contribution is -2.26. The number of likely N-dealkylation sites (N-methyl/N-ethyl adjacent to an activating group) is 1.